The summed E-state index contributed by atoms with van der Waals surface area (Å²) in [6.07, 6.45) is 5.88. The Morgan fingerprint density at radius 2 is 2.30 bits per heavy atom. The monoisotopic (exact) mass is 276 g/mol. The van der Waals surface area contributed by atoms with Gasteiger partial charge in [-0.15, -0.1) is 0 Å². The van der Waals surface area contributed by atoms with Gasteiger partial charge in [0.05, 0.1) is 23.5 Å². The van der Waals surface area contributed by atoms with Crippen molar-refractivity contribution in [2.75, 3.05) is 5.32 Å². The zero-order chi connectivity index (χ0) is 14.1. The number of imidazole rings is 1. The summed E-state index contributed by atoms with van der Waals surface area (Å²) in [6, 6.07) is 4.31. The maximum atomic E-state index is 13.2. The number of halogens is 1. The number of nitrogens with one attached hydrogen (secondary N) is 1. The lowest BCUT2D eigenvalue weighted by Crippen LogP contribution is -2.06. The van der Waals surface area contributed by atoms with E-state index >= 15 is 0 Å². The second-order valence-electron chi connectivity index (χ2n) is 4.80. The van der Waals surface area contributed by atoms with Gasteiger partial charge in [-0.3, -0.25) is 10.1 Å². The van der Waals surface area contributed by atoms with E-state index in [0.717, 1.165) is 24.6 Å². The first kappa shape index (κ1) is 12.6. The first-order valence-electron chi connectivity index (χ1n) is 6.33. The first-order chi connectivity index (χ1) is 9.65. The lowest BCUT2D eigenvalue weighted by molar-refractivity contribution is -0.387. The molecule has 1 heterocycles. The van der Waals surface area contributed by atoms with Crippen LogP contribution in [0.2, 0.25) is 0 Å². The predicted molar refractivity (Wildman–Crippen MR) is 70.9 cm³/mol. The molecule has 1 aromatic heterocycles. The highest BCUT2D eigenvalue weighted by atomic mass is 19.1. The third-order valence-corrected chi connectivity index (χ3v) is 3.30. The Balaban J connectivity index is 1.73. The molecule has 0 radical (unpaired) electrons. The number of nitro groups is 1. The Morgan fingerprint density at radius 3 is 3.00 bits per heavy atom. The van der Waals surface area contributed by atoms with Gasteiger partial charge in [0.15, 0.2) is 0 Å². The van der Waals surface area contributed by atoms with Crippen molar-refractivity contribution < 1.29 is 9.31 Å². The van der Waals surface area contributed by atoms with Crippen molar-refractivity contribution in [3.63, 3.8) is 0 Å². The number of hydrogen-bond donors (Lipinski definition) is 1. The highest BCUT2D eigenvalue weighted by Crippen LogP contribution is 2.35. The van der Waals surface area contributed by atoms with E-state index in [1.165, 1.54) is 12.1 Å². The van der Waals surface area contributed by atoms with Crippen molar-refractivity contribution in [3.05, 3.63) is 52.3 Å². The maximum absolute atomic E-state index is 13.2. The van der Waals surface area contributed by atoms with Gasteiger partial charge in [0.2, 0.25) is 5.82 Å². The van der Waals surface area contributed by atoms with Crippen molar-refractivity contribution in [2.24, 2.45) is 0 Å². The van der Waals surface area contributed by atoms with E-state index in [0.29, 0.717) is 18.3 Å². The fraction of sp³-hybridized carbons (Fsp3) is 0.308. The molecule has 6 nitrogen and oxygen atoms in total. The highest BCUT2D eigenvalue weighted by Gasteiger charge is 2.25. The van der Waals surface area contributed by atoms with Gasteiger partial charge in [-0.1, -0.05) is 0 Å². The summed E-state index contributed by atoms with van der Waals surface area (Å²) in [5, 5.41) is 13.7. The minimum atomic E-state index is -0.830. The molecule has 0 unspecified atom stereocenters. The molecule has 0 aliphatic heterocycles. The second kappa shape index (κ2) is 4.92. The van der Waals surface area contributed by atoms with Crippen LogP contribution in [0.1, 0.15) is 24.6 Å². The molecule has 0 atom stereocenters. The third-order valence-electron chi connectivity index (χ3n) is 3.30. The molecule has 1 N–H and O–H groups in total. The minimum absolute atomic E-state index is 0.499. The summed E-state index contributed by atoms with van der Waals surface area (Å²) in [5.41, 5.74) is 1.01. The topological polar surface area (TPSA) is 73.0 Å². The smallest absolute Gasteiger partial charge is 0.306 e. The van der Waals surface area contributed by atoms with Gasteiger partial charge in [-0.05, 0) is 25.0 Å². The quantitative estimate of drug-likeness (QED) is 0.673. The van der Waals surface area contributed by atoms with Crippen LogP contribution < -0.4 is 5.32 Å². The SMILES string of the molecule is O=[N+]([O-])c1cc(NCc2cncn2C2CC2)ccc1F. The lowest BCUT2D eigenvalue weighted by atomic mass is 10.2. The Kier molecular flexibility index (Phi) is 3.09. The van der Waals surface area contributed by atoms with Gasteiger partial charge >= 0.3 is 5.69 Å². The molecular weight excluding hydrogens is 263 g/mol. The molecule has 0 bridgehead atoms. The maximum Gasteiger partial charge on any atom is 0.306 e. The summed E-state index contributed by atoms with van der Waals surface area (Å²) in [7, 11) is 0. The minimum Gasteiger partial charge on any atom is -0.379 e. The van der Waals surface area contributed by atoms with Crippen LogP contribution in [0, 0.1) is 15.9 Å². The van der Waals surface area contributed by atoms with E-state index in [1.54, 1.807) is 12.5 Å². The average Bonchev–Trinajstić information content (AvgIpc) is 3.16. The molecule has 1 saturated carbocycles. The van der Waals surface area contributed by atoms with Crippen LogP contribution in [0.25, 0.3) is 0 Å². The number of nitrogens with zero attached hydrogens (tertiary/aromatic N) is 3. The number of rotatable bonds is 5. The fourth-order valence-electron chi connectivity index (χ4n) is 2.11. The van der Waals surface area contributed by atoms with Crippen LogP contribution in [0.15, 0.2) is 30.7 Å². The summed E-state index contributed by atoms with van der Waals surface area (Å²) in [6.45, 7) is 0.499. The molecule has 1 aliphatic carbocycles. The van der Waals surface area contributed by atoms with Gasteiger partial charge in [0, 0.05) is 24.0 Å². The molecule has 3 rings (SSSR count). The molecule has 1 fully saturated rings. The zero-order valence-corrected chi connectivity index (χ0v) is 10.6. The average molecular weight is 276 g/mol. The summed E-state index contributed by atoms with van der Waals surface area (Å²) >= 11 is 0. The predicted octanol–water partition coefficient (Wildman–Crippen LogP) is 2.88. The number of anilines is 1. The molecule has 20 heavy (non-hydrogen) atoms. The molecule has 104 valence electrons. The summed E-state index contributed by atoms with van der Waals surface area (Å²) in [5.74, 6) is -0.830. The number of benzene rings is 1. The van der Waals surface area contributed by atoms with Gasteiger partial charge < -0.3 is 9.88 Å². The standard InChI is InChI=1S/C13H13FN4O2/c14-12-4-1-9(5-13(12)18(19)20)16-7-11-6-15-8-17(11)10-2-3-10/h1,4-6,8,10,16H,2-3,7H2. The van der Waals surface area contributed by atoms with E-state index in [9.17, 15) is 14.5 Å². The summed E-state index contributed by atoms with van der Waals surface area (Å²) < 4.78 is 15.3. The van der Waals surface area contributed by atoms with Crippen molar-refractivity contribution in [3.8, 4) is 0 Å². The van der Waals surface area contributed by atoms with Crippen LogP contribution in [-0.4, -0.2) is 14.5 Å². The van der Waals surface area contributed by atoms with Gasteiger partial charge in [0.25, 0.3) is 0 Å². The first-order valence-corrected chi connectivity index (χ1v) is 6.33. The largest absolute Gasteiger partial charge is 0.379 e. The van der Waals surface area contributed by atoms with E-state index in [2.05, 4.69) is 14.9 Å². The van der Waals surface area contributed by atoms with Crippen LogP contribution in [0.5, 0.6) is 0 Å². The van der Waals surface area contributed by atoms with E-state index in [-0.39, 0.29) is 0 Å². The van der Waals surface area contributed by atoms with Crippen molar-refractivity contribution in [1.29, 1.82) is 0 Å². The van der Waals surface area contributed by atoms with Crippen LogP contribution in [-0.2, 0) is 6.54 Å². The molecule has 2 aromatic rings. The molecule has 0 saturated heterocycles. The zero-order valence-electron chi connectivity index (χ0n) is 10.6. The Hall–Kier alpha value is -2.44. The Bertz CT molecular complexity index is 652. The van der Waals surface area contributed by atoms with E-state index < -0.39 is 16.4 Å². The Labute approximate surface area is 114 Å². The van der Waals surface area contributed by atoms with Gasteiger partial charge in [-0.25, -0.2) is 4.98 Å². The molecule has 1 aliphatic rings. The van der Waals surface area contributed by atoms with Gasteiger partial charge in [0.1, 0.15) is 0 Å². The van der Waals surface area contributed by atoms with Gasteiger partial charge in [-0.2, -0.15) is 4.39 Å². The number of aromatic nitrogens is 2. The fourth-order valence-corrected chi connectivity index (χ4v) is 2.11. The Morgan fingerprint density at radius 1 is 1.50 bits per heavy atom. The van der Waals surface area contributed by atoms with Crippen molar-refractivity contribution in [1.82, 2.24) is 9.55 Å². The van der Waals surface area contributed by atoms with Crippen LogP contribution in [0.3, 0.4) is 0 Å². The normalized spacial score (nSPS) is 14.2. The lowest BCUT2D eigenvalue weighted by Gasteiger charge is -2.09. The summed E-state index contributed by atoms with van der Waals surface area (Å²) in [4.78, 5) is 14.1. The second-order valence-corrected chi connectivity index (χ2v) is 4.80. The van der Waals surface area contributed by atoms with Crippen molar-refractivity contribution >= 4 is 11.4 Å². The molecule has 1 aromatic carbocycles. The molecule has 0 spiro atoms. The number of nitro benzene ring substituents is 1. The number of hydrogen-bond acceptors (Lipinski definition) is 4. The highest BCUT2D eigenvalue weighted by molar-refractivity contribution is 5.51. The van der Waals surface area contributed by atoms with Crippen LogP contribution in [0.4, 0.5) is 15.8 Å². The molecular formula is C13H13FN4O2. The van der Waals surface area contributed by atoms with E-state index in [4.69, 9.17) is 0 Å². The van der Waals surface area contributed by atoms with E-state index in [1.807, 2.05) is 0 Å². The molecule has 0 amide bonds. The third kappa shape index (κ3) is 2.47. The van der Waals surface area contributed by atoms with Crippen LogP contribution >= 0.6 is 0 Å². The molecule has 7 heteroatoms. The van der Waals surface area contributed by atoms with Crippen molar-refractivity contribution in [2.45, 2.75) is 25.4 Å².